The molecule has 4 heteroatoms. The number of nitrogens with zero attached hydrogens (tertiary/aromatic N) is 1. The average molecular weight is 317 g/mol. The second-order valence-corrected chi connectivity index (χ2v) is 6.90. The van der Waals surface area contributed by atoms with Crippen molar-refractivity contribution in [3.05, 3.63) is 53.6 Å². The van der Waals surface area contributed by atoms with Crippen LogP contribution in [0.25, 0.3) is 0 Å². The van der Waals surface area contributed by atoms with Crippen LogP contribution >= 0.6 is 8.58 Å². The smallest absolute Gasteiger partial charge is 0.188 e. The summed E-state index contributed by atoms with van der Waals surface area (Å²) in [5, 5.41) is 2.58. The molecule has 0 aromatic heterocycles. The lowest BCUT2D eigenvalue weighted by Gasteiger charge is -2.16. The minimum absolute atomic E-state index is 0.278. The summed E-state index contributed by atoms with van der Waals surface area (Å²) in [6.07, 6.45) is 0. The highest BCUT2D eigenvalue weighted by molar-refractivity contribution is 7.55. The second-order valence-electron chi connectivity index (χ2n) is 5.57. The Kier molecular flexibility index (Phi) is 6.38. The molecule has 2 rings (SSSR count). The Bertz CT molecular complexity index is 614. The van der Waals surface area contributed by atoms with Gasteiger partial charge in [-0.1, -0.05) is 50.5 Å². The molecule has 0 heterocycles. The van der Waals surface area contributed by atoms with Crippen LogP contribution in [0.1, 0.15) is 11.1 Å². The van der Waals surface area contributed by atoms with Crippen LogP contribution in [0.15, 0.2) is 42.5 Å². The van der Waals surface area contributed by atoms with Crippen LogP contribution in [-0.4, -0.2) is 32.9 Å². The summed E-state index contributed by atoms with van der Waals surface area (Å²) in [5.74, 6) is 0.902. The van der Waals surface area contributed by atoms with Gasteiger partial charge in [0.05, 0.1) is 0 Å². The number of hydrogen-bond donors (Lipinski definition) is 0. The van der Waals surface area contributed by atoms with Gasteiger partial charge in [-0.2, -0.15) is 0 Å². The molecule has 0 aliphatic carbocycles. The fraction of sp³-hybridized carbons (Fsp3) is 0.333. The van der Waals surface area contributed by atoms with E-state index < -0.39 is 0 Å². The van der Waals surface area contributed by atoms with Gasteiger partial charge in [-0.25, -0.2) is 0 Å². The van der Waals surface area contributed by atoms with E-state index in [0.717, 1.165) is 12.3 Å². The Morgan fingerprint density at radius 2 is 1.82 bits per heavy atom. The molecule has 3 nitrogen and oxygen atoms in total. The molecular weight excluding hydrogens is 293 g/mol. The van der Waals surface area contributed by atoms with Gasteiger partial charge in [-0.3, -0.25) is 0 Å². The summed E-state index contributed by atoms with van der Waals surface area (Å²) >= 11 is 0. The van der Waals surface area contributed by atoms with E-state index in [1.54, 1.807) is 7.11 Å². The molecule has 2 aromatic rings. The molecule has 0 N–H and O–H groups in total. The molecule has 0 aliphatic heterocycles. The van der Waals surface area contributed by atoms with Gasteiger partial charge in [0.15, 0.2) is 6.79 Å². The Balaban J connectivity index is 2.27. The topological polar surface area (TPSA) is 21.7 Å². The lowest BCUT2D eigenvalue weighted by Crippen LogP contribution is -2.18. The SMILES string of the molecule is COCOc1ccccc1Pc1ccc(C)cc1CN(C)C. The molecule has 22 heavy (non-hydrogen) atoms. The number of aryl methyl sites for hydroxylation is 1. The fourth-order valence-electron chi connectivity index (χ4n) is 2.28. The van der Waals surface area contributed by atoms with Crippen molar-refractivity contribution >= 4 is 19.2 Å². The molecular formula is C18H24NO2P. The molecule has 0 radical (unpaired) electrons. The van der Waals surface area contributed by atoms with E-state index in [0.29, 0.717) is 8.58 Å². The van der Waals surface area contributed by atoms with Crippen molar-refractivity contribution in [2.45, 2.75) is 13.5 Å². The predicted octanol–water partition coefficient (Wildman–Crippen LogP) is 2.67. The largest absolute Gasteiger partial charge is 0.467 e. The summed E-state index contributed by atoms with van der Waals surface area (Å²) in [4.78, 5) is 2.20. The summed E-state index contributed by atoms with van der Waals surface area (Å²) in [6.45, 7) is 3.37. The van der Waals surface area contributed by atoms with E-state index >= 15 is 0 Å². The van der Waals surface area contributed by atoms with Crippen molar-refractivity contribution in [2.75, 3.05) is 28.0 Å². The minimum atomic E-state index is 0.278. The third-order valence-electron chi connectivity index (χ3n) is 3.24. The van der Waals surface area contributed by atoms with Gasteiger partial charge in [-0.15, -0.1) is 0 Å². The van der Waals surface area contributed by atoms with Gasteiger partial charge in [0, 0.05) is 19.0 Å². The molecule has 0 aliphatic rings. The quantitative estimate of drug-likeness (QED) is 0.579. The molecule has 2 aromatic carbocycles. The maximum atomic E-state index is 5.68. The van der Waals surface area contributed by atoms with Crippen LogP contribution in [0.2, 0.25) is 0 Å². The van der Waals surface area contributed by atoms with Gasteiger partial charge in [0.2, 0.25) is 0 Å². The van der Waals surface area contributed by atoms with E-state index in [4.69, 9.17) is 9.47 Å². The zero-order valence-electron chi connectivity index (χ0n) is 13.7. The number of rotatable bonds is 7. The summed E-state index contributed by atoms with van der Waals surface area (Å²) in [6, 6.07) is 14.9. The van der Waals surface area contributed by atoms with Crippen molar-refractivity contribution in [1.82, 2.24) is 4.90 Å². The van der Waals surface area contributed by atoms with Crippen molar-refractivity contribution in [1.29, 1.82) is 0 Å². The van der Waals surface area contributed by atoms with Crippen LogP contribution in [0, 0.1) is 6.92 Å². The zero-order chi connectivity index (χ0) is 15.9. The molecule has 0 spiro atoms. The highest BCUT2D eigenvalue weighted by Crippen LogP contribution is 2.22. The van der Waals surface area contributed by atoms with Gasteiger partial charge in [0.25, 0.3) is 0 Å². The molecule has 118 valence electrons. The average Bonchev–Trinajstić information content (AvgIpc) is 2.48. The van der Waals surface area contributed by atoms with Gasteiger partial charge < -0.3 is 14.4 Å². The number of ether oxygens (including phenoxy) is 2. The third kappa shape index (κ3) is 4.81. The second kappa shape index (κ2) is 8.28. The van der Waals surface area contributed by atoms with Crippen LogP contribution in [0.5, 0.6) is 5.75 Å². The summed E-state index contributed by atoms with van der Waals surface area (Å²) in [5.41, 5.74) is 2.68. The van der Waals surface area contributed by atoms with Gasteiger partial charge in [0.1, 0.15) is 5.75 Å². The Hall–Kier alpha value is -1.41. The molecule has 0 saturated carbocycles. The Labute approximate surface area is 135 Å². The maximum absolute atomic E-state index is 5.68. The normalized spacial score (nSPS) is 11.5. The lowest BCUT2D eigenvalue weighted by molar-refractivity contribution is 0.0519. The highest BCUT2D eigenvalue weighted by atomic mass is 31.1. The summed E-state index contributed by atoms with van der Waals surface area (Å²) in [7, 11) is 6.42. The minimum Gasteiger partial charge on any atom is -0.467 e. The van der Waals surface area contributed by atoms with E-state index in [9.17, 15) is 0 Å². The first kappa shape index (κ1) is 17.0. The number of hydrogen-bond acceptors (Lipinski definition) is 3. The summed E-state index contributed by atoms with van der Waals surface area (Å²) < 4.78 is 10.7. The van der Waals surface area contributed by atoms with E-state index in [1.807, 2.05) is 12.1 Å². The molecule has 0 saturated heterocycles. The maximum Gasteiger partial charge on any atom is 0.188 e. The van der Waals surface area contributed by atoms with Crippen LogP contribution in [0.4, 0.5) is 0 Å². The van der Waals surface area contributed by atoms with Crippen molar-refractivity contribution in [2.24, 2.45) is 0 Å². The number of para-hydroxylation sites is 1. The van der Waals surface area contributed by atoms with Crippen molar-refractivity contribution < 1.29 is 9.47 Å². The molecule has 1 unspecified atom stereocenters. The highest BCUT2D eigenvalue weighted by Gasteiger charge is 2.09. The molecule has 0 bridgehead atoms. The van der Waals surface area contributed by atoms with E-state index in [-0.39, 0.29) is 6.79 Å². The fourth-order valence-corrected chi connectivity index (χ4v) is 3.51. The monoisotopic (exact) mass is 317 g/mol. The van der Waals surface area contributed by atoms with Gasteiger partial charge >= 0.3 is 0 Å². The van der Waals surface area contributed by atoms with Gasteiger partial charge in [-0.05, 0) is 38.0 Å². The number of methoxy groups -OCH3 is 1. The predicted molar refractivity (Wildman–Crippen MR) is 95.1 cm³/mol. The van der Waals surface area contributed by atoms with Crippen LogP contribution in [0.3, 0.4) is 0 Å². The Morgan fingerprint density at radius 3 is 2.55 bits per heavy atom. The third-order valence-corrected chi connectivity index (χ3v) is 4.68. The van der Waals surface area contributed by atoms with Crippen LogP contribution < -0.4 is 15.3 Å². The zero-order valence-corrected chi connectivity index (χ0v) is 14.7. The standard InChI is InChI=1S/C18H24NO2P/c1-14-9-10-17(15(11-14)12-19(2)3)22-18-8-6-5-7-16(18)21-13-20-4/h5-11,22H,12-13H2,1-4H3. The van der Waals surface area contributed by atoms with E-state index in [2.05, 4.69) is 56.3 Å². The number of benzene rings is 2. The molecule has 1 atom stereocenters. The molecule has 0 fully saturated rings. The van der Waals surface area contributed by atoms with Crippen molar-refractivity contribution in [3.8, 4) is 5.75 Å². The molecule has 0 amide bonds. The first-order valence-electron chi connectivity index (χ1n) is 7.32. The van der Waals surface area contributed by atoms with Crippen LogP contribution in [-0.2, 0) is 11.3 Å². The van der Waals surface area contributed by atoms with E-state index in [1.165, 1.54) is 21.7 Å². The lowest BCUT2D eigenvalue weighted by atomic mass is 10.1. The van der Waals surface area contributed by atoms with Crippen molar-refractivity contribution in [3.63, 3.8) is 0 Å². The Morgan fingerprint density at radius 1 is 1.05 bits per heavy atom. The first-order valence-corrected chi connectivity index (χ1v) is 8.32. The first-order chi connectivity index (χ1) is 10.6.